The number of ether oxygens (including phenoxy) is 1. The Balaban J connectivity index is 0.00000196. The summed E-state index contributed by atoms with van der Waals surface area (Å²) in [5.41, 5.74) is 0.371. The summed E-state index contributed by atoms with van der Waals surface area (Å²) in [6.07, 6.45) is 11.7. The van der Waals surface area contributed by atoms with Crippen LogP contribution in [0.2, 0.25) is 0 Å². The molecule has 3 fully saturated rings. The number of aliphatic imine (C=N–C) groups is 1. The van der Waals surface area contributed by atoms with Crippen LogP contribution in [0.1, 0.15) is 50.7 Å². The standard InChI is InChI=1S/C20H31N3O2.HI/c1-2-5-17(6-3-1)22-19(21-11-8-18-7-4-13-25-18)23-12-9-20(15-23)10-14-24-16-20;/h4,7,13,17H,1-3,5-6,8-12,14-16H2,(H,21,22);1H. The highest BCUT2D eigenvalue weighted by atomic mass is 127. The van der Waals surface area contributed by atoms with E-state index < -0.39 is 0 Å². The first-order valence-corrected chi connectivity index (χ1v) is 9.99. The Bertz CT molecular complexity index is 564. The number of guanidine groups is 1. The zero-order valence-corrected chi connectivity index (χ0v) is 18.0. The molecule has 5 nitrogen and oxygen atoms in total. The highest BCUT2D eigenvalue weighted by Crippen LogP contribution is 2.38. The third kappa shape index (κ3) is 4.94. The fourth-order valence-electron chi connectivity index (χ4n) is 4.48. The number of likely N-dealkylation sites (tertiary alicyclic amines) is 1. The van der Waals surface area contributed by atoms with E-state index in [0.29, 0.717) is 11.5 Å². The van der Waals surface area contributed by atoms with Gasteiger partial charge >= 0.3 is 0 Å². The molecule has 0 radical (unpaired) electrons. The van der Waals surface area contributed by atoms with Crippen molar-refractivity contribution in [3.05, 3.63) is 24.2 Å². The molecule has 26 heavy (non-hydrogen) atoms. The number of hydrogen-bond acceptors (Lipinski definition) is 3. The Kier molecular flexibility index (Phi) is 7.26. The van der Waals surface area contributed by atoms with Crippen LogP contribution < -0.4 is 5.32 Å². The van der Waals surface area contributed by atoms with E-state index >= 15 is 0 Å². The van der Waals surface area contributed by atoms with Gasteiger partial charge < -0.3 is 19.4 Å². The van der Waals surface area contributed by atoms with Crippen molar-refractivity contribution in [2.45, 2.75) is 57.4 Å². The topological polar surface area (TPSA) is 50.0 Å². The van der Waals surface area contributed by atoms with Crippen LogP contribution in [0.15, 0.2) is 27.8 Å². The highest BCUT2D eigenvalue weighted by molar-refractivity contribution is 14.0. The summed E-state index contributed by atoms with van der Waals surface area (Å²) in [5.74, 6) is 2.13. The number of furan rings is 1. The lowest BCUT2D eigenvalue weighted by molar-refractivity contribution is 0.156. The lowest BCUT2D eigenvalue weighted by Crippen LogP contribution is -2.46. The van der Waals surface area contributed by atoms with Crippen LogP contribution in [0.3, 0.4) is 0 Å². The summed E-state index contributed by atoms with van der Waals surface area (Å²) < 4.78 is 11.1. The Morgan fingerprint density at radius 1 is 1.27 bits per heavy atom. The Hall–Kier alpha value is -0.760. The van der Waals surface area contributed by atoms with Gasteiger partial charge in [0, 0.05) is 44.1 Å². The van der Waals surface area contributed by atoms with Crippen molar-refractivity contribution in [3.63, 3.8) is 0 Å². The Morgan fingerprint density at radius 2 is 2.15 bits per heavy atom. The van der Waals surface area contributed by atoms with Gasteiger partial charge in [-0.25, -0.2) is 0 Å². The molecule has 4 rings (SSSR count). The average Bonchev–Trinajstić information content (AvgIpc) is 3.39. The highest BCUT2D eigenvalue weighted by Gasteiger charge is 2.42. The van der Waals surface area contributed by atoms with Gasteiger partial charge in [0.05, 0.1) is 12.9 Å². The molecule has 1 aromatic rings. The van der Waals surface area contributed by atoms with Crippen molar-refractivity contribution in [3.8, 4) is 0 Å². The number of halogens is 1. The van der Waals surface area contributed by atoms with Crippen molar-refractivity contribution in [1.82, 2.24) is 10.2 Å². The van der Waals surface area contributed by atoms with Gasteiger partial charge in [-0.15, -0.1) is 24.0 Å². The maximum Gasteiger partial charge on any atom is 0.194 e. The molecule has 1 saturated carbocycles. The Labute approximate surface area is 174 Å². The molecule has 2 aliphatic heterocycles. The molecule has 146 valence electrons. The number of nitrogens with one attached hydrogen (secondary N) is 1. The third-order valence-corrected chi connectivity index (χ3v) is 6.06. The summed E-state index contributed by atoms with van der Waals surface area (Å²) in [5, 5.41) is 3.79. The van der Waals surface area contributed by atoms with Gasteiger partial charge in [0.25, 0.3) is 0 Å². The second-order valence-electron chi connectivity index (χ2n) is 7.99. The van der Waals surface area contributed by atoms with Gasteiger partial charge in [0.2, 0.25) is 0 Å². The van der Waals surface area contributed by atoms with Gasteiger partial charge in [0.1, 0.15) is 5.76 Å². The number of nitrogens with zero attached hydrogens (tertiary/aromatic N) is 2. The lowest BCUT2D eigenvalue weighted by atomic mass is 9.87. The molecule has 3 aliphatic rings. The molecule has 0 amide bonds. The largest absolute Gasteiger partial charge is 0.469 e. The predicted molar refractivity (Wildman–Crippen MR) is 114 cm³/mol. The van der Waals surface area contributed by atoms with Crippen LogP contribution in [0.5, 0.6) is 0 Å². The van der Waals surface area contributed by atoms with Crippen LogP contribution in [0.4, 0.5) is 0 Å². The van der Waals surface area contributed by atoms with E-state index in [1.54, 1.807) is 6.26 Å². The van der Waals surface area contributed by atoms with Crippen molar-refractivity contribution in [2.75, 3.05) is 32.8 Å². The number of hydrogen-bond donors (Lipinski definition) is 1. The van der Waals surface area contributed by atoms with Crippen LogP contribution >= 0.6 is 24.0 Å². The summed E-state index contributed by atoms with van der Waals surface area (Å²) in [7, 11) is 0. The zero-order chi connectivity index (χ0) is 17.0. The Morgan fingerprint density at radius 3 is 2.88 bits per heavy atom. The minimum absolute atomic E-state index is 0. The summed E-state index contributed by atoms with van der Waals surface area (Å²) >= 11 is 0. The third-order valence-electron chi connectivity index (χ3n) is 6.06. The summed E-state index contributed by atoms with van der Waals surface area (Å²) in [6.45, 7) is 4.82. The van der Waals surface area contributed by atoms with Crippen LogP contribution in [0.25, 0.3) is 0 Å². The van der Waals surface area contributed by atoms with E-state index in [4.69, 9.17) is 14.1 Å². The van der Waals surface area contributed by atoms with Gasteiger partial charge in [-0.1, -0.05) is 19.3 Å². The van der Waals surface area contributed by atoms with Gasteiger partial charge in [-0.3, -0.25) is 4.99 Å². The van der Waals surface area contributed by atoms with E-state index in [-0.39, 0.29) is 24.0 Å². The van der Waals surface area contributed by atoms with E-state index in [2.05, 4.69) is 10.2 Å². The molecule has 1 atom stereocenters. The van der Waals surface area contributed by atoms with Crippen molar-refractivity contribution >= 4 is 29.9 Å². The monoisotopic (exact) mass is 473 g/mol. The molecular formula is C20H32IN3O2. The maximum atomic E-state index is 5.69. The van der Waals surface area contributed by atoms with Crippen LogP contribution in [-0.2, 0) is 11.2 Å². The second-order valence-corrected chi connectivity index (χ2v) is 7.99. The molecule has 1 aromatic heterocycles. The minimum Gasteiger partial charge on any atom is -0.469 e. The molecular weight excluding hydrogens is 441 g/mol. The van der Waals surface area contributed by atoms with Crippen molar-refractivity contribution in [2.24, 2.45) is 10.4 Å². The SMILES string of the molecule is I.c1coc(CCN=C(NC2CCCCC2)N2CCC3(CCOC3)C2)c1. The second kappa shape index (κ2) is 9.44. The molecule has 0 bridgehead atoms. The lowest BCUT2D eigenvalue weighted by Gasteiger charge is -2.30. The predicted octanol–water partition coefficient (Wildman–Crippen LogP) is 3.83. The average molecular weight is 473 g/mol. The van der Waals surface area contributed by atoms with Crippen LogP contribution in [0, 0.1) is 5.41 Å². The quantitative estimate of drug-likeness (QED) is 0.411. The molecule has 1 unspecified atom stereocenters. The van der Waals surface area contributed by atoms with Gasteiger partial charge in [0.15, 0.2) is 5.96 Å². The normalized spacial score (nSPS) is 27.1. The zero-order valence-electron chi connectivity index (χ0n) is 15.6. The molecule has 6 heteroatoms. The molecule has 0 aromatic carbocycles. The van der Waals surface area contributed by atoms with E-state index in [0.717, 1.165) is 51.0 Å². The summed E-state index contributed by atoms with van der Waals surface area (Å²) in [6, 6.07) is 4.57. The fraction of sp³-hybridized carbons (Fsp3) is 0.750. The van der Waals surface area contributed by atoms with Crippen LogP contribution in [-0.4, -0.2) is 49.7 Å². The van der Waals surface area contributed by atoms with Crippen molar-refractivity contribution < 1.29 is 9.15 Å². The molecule has 3 heterocycles. The molecule has 1 N–H and O–H groups in total. The molecule has 1 aliphatic carbocycles. The van der Waals surface area contributed by atoms with Gasteiger partial charge in [-0.2, -0.15) is 0 Å². The van der Waals surface area contributed by atoms with E-state index in [9.17, 15) is 0 Å². The summed E-state index contributed by atoms with van der Waals surface area (Å²) in [4.78, 5) is 7.44. The van der Waals surface area contributed by atoms with Gasteiger partial charge in [-0.05, 0) is 37.8 Å². The fourth-order valence-corrected chi connectivity index (χ4v) is 4.48. The van der Waals surface area contributed by atoms with E-state index in [1.165, 1.54) is 44.9 Å². The first kappa shape index (κ1) is 20.0. The number of rotatable bonds is 4. The smallest absolute Gasteiger partial charge is 0.194 e. The molecule has 1 spiro atoms. The maximum absolute atomic E-state index is 5.69. The minimum atomic E-state index is 0. The first-order valence-electron chi connectivity index (χ1n) is 9.99. The molecule has 2 saturated heterocycles. The van der Waals surface area contributed by atoms with Crippen molar-refractivity contribution in [1.29, 1.82) is 0 Å². The van der Waals surface area contributed by atoms with E-state index in [1.807, 2.05) is 12.1 Å². The first-order chi connectivity index (χ1) is 12.3.